The summed E-state index contributed by atoms with van der Waals surface area (Å²) in [6.45, 7) is 1.93. The second-order valence-corrected chi connectivity index (χ2v) is 7.68. The van der Waals surface area contributed by atoms with Crippen molar-refractivity contribution in [1.82, 2.24) is 10.3 Å². The average molecular weight is 389 g/mol. The van der Waals surface area contributed by atoms with E-state index in [2.05, 4.69) is 10.3 Å². The SMILES string of the molecule is CC(NC(=O)c1ccc(SCc2cscn2)cc1)c1ccccc1Cl. The minimum absolute atomic E-state index is 0.108. The minimum atomic E-state index is -0.153. The molecule has 3 aromatic rings. The van der Waals surface area contributed by atoms with Gasteiger partial charge >= 0.3 is 0 Å². The van der Waals surface area contributed by atoms with Gasteiger partial charge in [-0.3, -0.25) is 4.79 Å². The van der Waals surface area contributed by atoms with Gasteiger partial charge in [0.05, 0.1) is 17.2 Å². The second-order valence-electron chi connectivity index (χ2n) is 5.51. The lowest BCUT2D eigenvalue weighted by Gasteiger charge is -2.15. The summed E-state index contributed by atoms with van der Waals surface area (Å²) in [7, 11) is 0. The maximum Gasteiger partial charge on any atom is 0.251 e. The van der Waals surface area contributed by atoms with Crippen molar-refractivity contribution in [3.63, 3.8) is 0 Å². The fourth-order valence-corrected chi connectivity index (χ4v) is 4.12. The van der Waals surface area contributed by atoms with Crippen LogP contribution in [0.1, 0.15) is 34.6 Å². The van der Waals surface area contributed by atoms with Gasteiger partial charge in [0.2, 0.25) is 0 Å². The molecule has 25 heavy (non-hydrogen) atoms. The standard InChI is InChI=1S/C19H17ClN2OS2/c1-13(17-4-2-3-5-18(17)20)22-19(23)14-6-8-16(9-7-14)25-11-15-10-24-12-21-15/h2-10,12-13H,11H2,1H3,(H,22,23). The number of amides is 1. The van der Waals surface area contributed by atoms with E-state index in [0.29, 0.717) is 10.6 Å². The van der Waals surface area contributed by atoms with Gasteiger partial charge in [0, 0.05) is 26.6 Å². The first kappa shape index (κ1) is 18.0. The average Bonchev–Trinajstić information content (AvgIpc) is 3.14. The Morgan fingerprint density at radius 3 is 2.68 bits per heavy atom. The van der Waals surface area contributed by atoms with Crippen LogP contribution in [0.3, 0.4) is 0 Å². The Bertz CT molecular complexity index is 835. The molecular formula is C19H17ClN2OS2. The molecule has 1 aromatic heterocycles. The van der Waals surface area contributed by atoms with Gasteiger partial charge in [0.15, 0.2) is 0 Å². The van der Waals surface area contributed by atoms with Crippen LogP contribution in [0.25, 0.3) is 0 Å². The van der Waals surface area contributed by atoms with E-state index in [4.69, 9.17) is 11.6 Å². The molecule has 0 bridgehead atoms. The number of thiazole rings is 1. The third-order valence-corrected chi connectivity index (χ3v) is 5.73. The Labute approximate surface area is 160 Å². The Kier molecular flexibility index (Phi) is 6.13. The van der Waals surface area contributed by atoms with Crippen molar-refractivity contribution in [3.8, 4) is 0 Å². The van der Waals surface area contributed by atoms with E-state index in [0.717, 1.165) is 21.9 Å². The molecule has 1 amide bonds. The largest absolute Gasteiger partial charge is 0.345 e. The highest BCUT2D eigenvalue weighted by atomic mass is 35.5. The van der Waals surface area contributed by atoms with Crippen LogP contribution in [0.2, 0.25) is 5.02 Å². The summed E-state index contributed by atoms with van der Waals surface area (Å²) in [5, 5.41) is 5.69. The molecule has 1 unspecified atom stereocenters. The van der Waals surface area contributed by atoms with Crippen molar-refractivity contribution in [3.05, 3.63) is 81.3 Å². The number of carbonyl (C=O) groups excluding carboxylic acids is 1. The molecule has 3 nitrogen and oxygen atoms in total. The maximum absolute atomic E-state index is 12.4. The summed E-state index contributed by atoms with van der Waals surface area (Å²) >= 11 is 9.49. The van der Waals surface area contributed by atoms with E-state index in [-0.39, 0.29) is 11.9 Å². The minimum Gasteiger partial charge on any atom is -0.345 e. The Morgan fingerprint density at radius 1 is 1.24 bits per heavy atom. The highest BCUT2D eigenvalue weighted by Crippen LogP contribution is 2.24. The van der Waals surface area contributed by atoms with Gasteiger partial charge in [-0.1, -0.05) is 29.8 Å². The van der Waals surface area contributed by atoms with Gasteiger partial charge in [-0.2, -0.15) is 0 Å². The molecule has 0 radical (unpaired) electrons. The number of thioether (sulfide) groups is 1. The summed E-state index contributed by atoms with van der Waals surface area (Å²) in [4.78, 5) is 17.8. The van der Waals surface area contributed by atoms with Crippen molar-refractivity contribution in [1.29, 1.82) is 0 Å². The number of halogens is 1. The first-order chi connectivity index (χ1) is 12.1. The topological polar surface area (TPSA) is 42.0 Å². The predicted molar refractivity (Wildman–Crippen MR) is 105 cm³/mol. The zero-order valence-corrected chi connectivity index (χ0v) is 16.0. The molecule has 0 aliphatic heterocycles. The van der Waals surface area contributed by atoms with Crippen LogP contribution in [0.4, 0.5) is 0 Å². The number of hydrogen-bond acceptors (Lipinski definition) is 4. The number of carbonyl (C=O) groups is 1. The first-order valence-electron chi connectivity index (χ1n) is 7.78. The highest BCUT2D eigenvalue weighted by molar-refractivity contribution is 7.98. The molecule has 0 aliphatic carbocycles. The molecule has 128 valence electrons. The Hall–Kier alpha value is -1.82. The molecule has 6 heteroatoms. The molecule has 0 saturated heterocycles. The summed E-state index contributed by atoms with van der Waals surface area (Å²) < 4.78 is 0. The van der Waals surface area contributed by atoms with Crippen LogP contribution in [-0.2, 0) is 5.75 Å². The third-order valence-electron chi connectivity index (χ3n) is 3.71. The summed E-state index contributed by atoms with van der Waals surface area (Å²) in [6, 6.07) is 15.0. The highest BCUT2D eigenvalue weighted by Gasteiger charge is 2.13. The lowest BCUT2D eigenvalue weighted by atomic mass is 10.1. The number of nitrogens with one attached hydrogen (secondary N) is 1. The van der Waals surface area contributed by atoms with Crippen LogP contribution < -0.4 is 5.32 Å². The van der Waals surface area contributed by atoms with Gasteiger partial charge in [-0.05, 0) is 42.8 Å². The van der Waals surface area contributed by atoms with Gasteiger partial charge in [0.1, 0.15) is 0 Å². The van der Waals surface area contributed by atoms with E-state index in [1.54, 1.807) is 23.1 Å². The van der Waals surface area contributed by atoms with Crippen LogP contribution in [0.15, 0.2) is 64.3 Å². The summed E-state index contributed by atoms with van der Waals surface area (Å²) in [5.74, 6) is 0.724. The maximum atomic E-state index is 12.4. The van der Waals surface area contributed by atoms with Gasteiger partial charge in [-0.25, -0.2) is 4.98 Å². The van der Waals surface area contributed by atoms with Gasteiger partial charge in [0.25, 0.3) is 5.91 Å². The number of aromatic nitrogens is 1. The lowest BCUT2D eigenvalue weighted by molar-refractivity contribution is 0.0940. The van der Waals surface area contributed by atoms with Crippen LogP contribution in [0, 0.1) is 0 Å². The van der Waals surface area contributed by atoms with Gasteiger partial charge in [-0.15, -0.1) is 23.1 Å². The summed E-state index contributed by atoms with van der Waals surface area (Å²) in [6.07, 6.45) is 0. The zero-order chi connectivity index (χ0) is 17.6. The monoisotopic (exact) mass is 388 g/mol. The number of nitrogens with zero attached hydrogens (tertiary/aromatic N) is 1. The quantitative estimate of drug-likeness (QED) is 0.560. The van der Waals surface area contributed by atoms with Crippen molar-refractivity contribution in [2.24, 2.45) is 0 Å². The van der Waals surface area contributed by atoms with Crippen LogP contribution in [0.5, 0.6) is 0 Å². The number of benzene rings is 2. The van der Waals surface area contributed by atoms with Crippen LogP contribution in [-0.4, -0.2) is 10.9 Å². The molecule has 3 rings (SSSR count). The smallest absolute Gasteiger partial charge is 0.251 e. The fraction of sp³-hybridized carbons (Fsp3) is 0.158. The van der Waals surface area contributed by atoms with Crippen molar-refractivity contribution in [2.75, 3.05) is 0 Å². The normalized spacial score (nSPS) is 11.9. The molecule has 1 N–H and O–H groups in total. The molecule has 2 aromatic carbocycles. The number of hydrogen-bond donors (Lipinski definition) is 1. The van der Waals surface area contributed by atoms with E-state index in [9.17, 15) is 4.79 Å². The molecule has 1 heterocycles. The second kappa shape index (κ2) is 8.52. The molecule has 0 aliphatic rings. The predicted octanol–water partition coefficient (Wildman–Crippen LogP) is 5.58. The Balaban J connectivity index is 1.59. The number of rotatable bonds is 6. The lowest BCUT2D eigenvalue weighted by Crippen LogP contribution is -2.26. The van der Waals surface area contributed by atoms with Crippen molar-refractivity contribution in [2.45, 2.75) is 23.6 Å². The molecule has 1 atom stereocenters. The van der Waals surface area contributed by atoms with E-state index in [1.807, 2.05) is 66.3 Å². The summed E-state index contributed by atoms with van der Waals surface area (Å²) in [5.41, 5.74) is 4.46. The van der Waals surface area contributed by atoms with Gasteiger partial charge < -0.3 is 5.32 Å². The fourth-order valence-electron chi connectivity index (χ4n) is 2.35. The van der Waals surface area contributed by atoms with Crippen molar-refractivity contribution < 1.29 is 4.79 Å². The molecular weight excluding hydrogens is 372 g/mol. The zero-order valence-electron chi connectivity index (χ0n) is 13.6. The molecule has 0 spiro atoms. The molecule has 0 fully saturated rings. The van der Waals surface area contributed by atoms with Crippen molar-refractivity contribution >= 4 is 40.6 Å². The van der Waals surface area contributed by atoms with E-state index in [1.165, 1.54) is 0 Å². The molecule has 0 saturated carbocycles. The first-order valence-corrected chi connectivity index (χ1v) is 10.1. The Morgan fingerprint density at radius 2 is 2.00 bits per heavy atom. The third kappa shape index (κ3) is 4.84. The van der Waals surface area contributed by atoms with E-state index < -0.39 is 0 Å². The van der Waals surface area contributed by atoms with Crippen LogP contribution >= 0.6 is 34.7 Å². The van der Waals surface area contributed by atoms with E-state index >= 15 is 0 Å².